The lowest BCUT2D eigenvalue weighted by Crippen LogP contribution is -2.51. The van der Waals surface area contributed by atoms with Crippen LogP contribution in [0.3, 0.4) is 0 Å². The Morgan fingerprint density at radius 3 is 2.33 bits per heavy atom. The number of piperazine rings is 1. The van der Waals surface area contributed by atoms with Gasteiger partial charge in [0.05, 0.1) is 25.9 Å². The molecule has 0 unspecified atom stereocenters. The minimum Gasteiger partial charge on any atom is -0.495 e. The van der Waals surface area contributed by atoms with E-state index in [0.717, 1.165) is 23.4 Å². The van der Waals surface area contributed by atoms with Crippen LogP contribution in [0.2, 0.25) is 0 Å². The van der Waals surface area contributed by atoms with Crippen molar-refractivity contribution in [1.29, 1.82) is 0 Å². The van der Waals surface area contributed by atoms with E-state index in [2.05, 4.69) is 22.5 Å². The molecule has 3 rings (SSSR count). The summed E-state index contributed by atoms with van der Waals surface area (Å²) in [4.78, 5) is 28.9. The van der Waals surface area contributed by atoms with Crippen molar-refractivity contribution in [2.24, 2.45) is 0 Å². The Morgan fingerprint density at radius 1 is 0.967 bits per heavy atom. The minimum atomic E-state index is -0.0199. The number of methoxy groups -OCH3 is 1. The van der Waals surface area contributed by atoms with Gasteiger partial charge in [-0.1, -0.05) is 37.3 Å². The van der Waals surface area contributed by atoms with E-state index in [9.17, 15) is 9.59 Å². The number of benzene rings is 2. The Morgan fingerprint density at radius 2 is 1.63 bits per heavy atom. The fourth-order valence-corrected chi connectivity index (χ4v) is 3.57. The van der Waals surface area contributed by atoms with Gasteiger partial charge in [0.2, 0.25) is 11.8 Å². The third-order valence-corrected chi connectivity index (χ3v) is 5.30. The lowest BCUT2D eigenvalue weighted by atomic mass is 10.1. The Bertz CT molecular complexity index is 863. The van der Waals surface area contributed by atoms with Gasteiger partial charge in [-0.25, -0.2) is 0 Å². The maximum atomic E-state index is 12.5. The first-order chi connectivity index (χ1) is 14.6. The highest BCUT2D eigenvalue weighted by atomic mass is 16.5. The number of hydrogen-bond donors (Lipinski definition) is 2. The summed E-state index contributed by atoms with van der Waals surface area (Å²) in [6, 6.07) is 15.4. The molecule has 0 saturated carbocycles. The van der Waals surface area contributed by atoms with E-state index < -0.39 is 0 Å². The summed E-state index contributed by atoms with van der Waals surface area (Å²) in [5.74, 6) is 0.737. The fourth-order valence-electron chi connectivity index (χ4n) is 3.57. The number of carbonyl (C=O) groups excluding carboxylic acids is 2. The summed E-state index contributed by atoms with van der Waals surface area (Å²) in [6.45, 7) is 5.22. The van der Waals surface area contributed by atoms with Gasteiger partial charge in [-0.15, -0.1) is 0 Å². The van der Waals surface area contributed by atoms with E-state index in [1.165, 1.54) is 0 Å². The number of aryl methyl sites for hydroxylation is 1. The predicted molar refractivity (Wildman–Crippen MR) is 119 cm³/mol. The summed E-state index contributed by atoms with van der Waals surface area (Å²) in [6.07, 6.45) is 0.875. The molecule has 2 N–H and O–H groups in total. The lowest BCUT2D eigenvalue weighted by Gasteiger charge is -2.34. The zero-order valence-corrected chi connectivity index (χ0v) is 17.7. The molecule has 1 fully saturated rings. The summed E-state index contributed by atoms with van der Waals surface area (Å²) >= 11 is 0. The largest absolute Gasteiger partial charge is 0.495 e. The topological polar surface area (TPSA) is 73.9 Å². The first kappa shape index (κ1) is 21.6. The molecule has 0 aromatic heterocycles. The quantitative estimate of drug-likeness (QED) is 0.699. The first-order valence-corrected chi connectivity index (χ1v) is 10.4. The number of nitrogens with one attached hydrogen (secondary N) is 2. The highest BCUT2D eigenvalue weighted by Crippen LogP contribution is 2.22. The summed E-state index contributed by atoms with van der Waals surface area (Å²) in [5, 5.41) is 6.16. The zero-order valence-electron chi connectivity index (χ0n) is 17.7. The second kappa shape index (κ2) is 10.6. The molecule has 0 atom stereocenters. The highest BCUT2D eigenvalue weighted by Gasteiger charge is 2.22. The maximum absolute atomic E-state index is 12.5. The third kappa shape index (κ3) is 5.73. The Balaban J connectivity index is 1.43. The highest BCUT2D eigenvalue weighted by molar-refractivity contribution is 5.93. The van der Waals surface area contributed by atoms with Gasteiger partial charge in [0.15, 0.2) is 0 Å². The number of rotatable bonds is 8. The molecule has 0 radical (unpaired) electrons. The van der Waals surface area contributed by atoms with Gasteiger partial charge in [0.1, 0.15) is 5.75 Å². The van der Waals surface area contributed by atoms with Crippen LogP contribution in [0.4, 0.5) is 11.4 Å². The van der Waals surface area contributed by atoms with Crippen molar-refractivity contribution in [2.45, 2.75) is 13.3 Å². The van der Waals surface area contributed by atoms with Crippen LogP contribution in [0.1, 0.15) is 12.5 Å². The van der Waals surface area contributed by atoms with Crippen molar-refractivity contribution in [3.63, 3.8) is 0 Å². The second-order valence-corrected chi connectivity index (χ2v) is 7.27. The number of hydrogen-bond acceptors (Lipinski definition) is 5. The molecular weight excluding hydrogens is 380 g/mol. The standard InChI is InChI=1S/C23H30N4O3/c1-3-18-8-4-5-9-19(18)25-22(28)17-26-12-14-27(15-13-26)23(29)16-24-20-10-6-7-11-21(20)30-2/h4-11,24H,3,12-17H2,1-2H3,(H,25,28). The smallest absolute Gasteiger partial charge is 0.241 e. The Labute approximate surface area is 178 Å². The summed E-state index contributed by atoms with van der Waals surface area (Å²) in [5.41, 5.74) is 2.81. The average Bonchev–Trinajstić information content (AvgIpc) is 2.78. The van der Waals surface area contributed by atoms with Crippen molar-refractivity contribution < 1.29 is 14.3 Å². The van der Waals surface area contributed by atoms with Gasteiger partial charge in [0.25, 0.3) is 0 Å². The van der Waals surface area contributed by atoms with Crippen LogP contribution >= 0.6 is 0 Å². The van der Waals surface area contributed by atoms with Crippen molar-refractivity contribution in [1.82, 2.24) is 9.80 Å². The van der Waals surface area contributed by atoms with E-state index in [1.807, 2.05) is 53.4 Å². The predicted octanol–water partition coefficient (Wildman–Crippen LogP) is 2.45. The van der Waals surface area contributed by atoms with E-state index in [0.29, 0.717) is 38.5 Å². The van der Waals surface area contributed by atoms with E-state index >= 15 is 0 Å². The summed E-state index contributed by atoms with van der Waals surface area (Å²) < 4.78 is 5.30. The monoisotopic (exact) mass is 410 g/mol. The van der Waals surface area contributed by atoms with Crippen LogP contribution in [-0.4, -0.2) is 68.0 Å². The van der Waals surface area contributed by atoms with Crippen LogP contribution in [0.15, 0.2) is 48.5 Å². The fraction of sp³-hybridized carbons (Fsp3) is 0.391. The molecule has 7 heteroatoms. The van der Waals surface area contributed by atoms with Crippen LogP contribution in [0, 0.1) is 0 Å². The molecule has 1 saturated heterocycles. The maximum Gasteiger partial charge on any atom is 0.241 e. The van der Waals surface area contributed by atoms with Crippen molar-refractivity contribution in [2.75, 3.05) is 57.0 Å². The molecule has 0 aliphatic carbocycles. The molecule has 1 heterocycles. The molecule has 2 aromatic rings. The number of carbonyl (C=O) groups is 2. The molecular formula is C23H30N4O3. The van der Waals surface area contributed by atoms with Crippen LogP contribution in [0.25, 0.3) is 0 Å². The van der Waals surface area contributed by atoms with E-state index in [4.69, 9.17) is 4.74 Å². The first-order valence-electron chi connectivity index (χ1n) is 10.4. The van der Waals surface area contributed by atoms with Crippen LogP contribution in [-0.2, 0) is 16.0 Å². The van der Waals surface area contributed by atoms with Gasteiger partial charge in [-0.3, -0.25) is 14.5 Å². The van der Waals surface area contributed by atoms with Gasteiger partial charge in [-0.2, -0.15) is 0 Å². The van der Waals surface area contributed by atoms with Crippen LogP contribution in [0.5, 0.6) is 5.75 Å². The van der Waals surface area contributed by atoms with E-state index in [-0.39, 0.29) is 18.4 Å². The van der Waals surface area contributed by atoms with Crippen LogP contribution < -0.4 is 15.4 Å². The minimum absolute atomic E-state index is 0.0199. The average molecular weight is 411 g/mol. The molecule has 0 bridgehead atoms. The third-order valence-electron chi connectivity index (χ3n) is 5.30. The molecule has 1 aliphatic heterocycles. The molecule has 160 valence electrons. The number of anilines is 2. The molecule has 0 spiro atoms. The number of nitrogens with zero attached hydrogens (tertiary/aromatic N) is 2. The number of amides is 2. The number of ether oxygens (including phenoxy) is 1. The second-order valence-electron chi connectivity index (χ2n) is 7.27. The molecule has 30 heavy (non-hydrogen) atoms. The van der Waals surface area contributed by atoms with Gasteiger partial charge < -0.3 is 20.3 Å². The SMILES string of the molecule is CCc1ccccc1NC(=O)CN1CCN(C(=O)CNc2ccccc2OC)CC1. The normalized spacial score (nSPS) is 14.3. The zero-order chi connectivity index (χ0) is 21.3. The van der Waals surface area contributed by atoms with Gasteiger partial charge in [0, 0.05) is 31.9 Å². The van der Waals surface area contributed by atoms with Crippen molar-refractivity contribution in [3.8, 4) is 5.75 Å². The van der Waals surface area contributed by atoms with Gasteiger partial charge in [-0.05, 0) is 30.2 Å². The molecule has 2 aromatic carbocycles. The molecule has 1 aliphatic rings. The summed E-state index contributed by atoms with van der Waals surface area (Å²) in [7, 11) is 1.61. The molecule has 2 amide bonds. The van der Waals surface area contributed by atoms with Crippen molar-refractivity contribution in [3.05, 3.63) is 54.1 Å². The Kier molecular flexibility index (Phi) is 7.68. The van der Waals surface area contributed by atoms with Crippen molar-refractivity contribution >= 4 is 23.2 Å². The van der Waals surface area contributed by atoms with E-state index in [1.54, 1.807) is 7.11 Å². The van der Waals surface area contributed by atoms with Gasteiger partial charge >= 0.3 is 0 Å². The lowest BCUT2D eigenvalue weighted by molar-refractivity contribution is -0.131. The molecule has 7 nitrogen and oxygen atoms in total. The number of para-hydroxylation sites is 3. The Hall–Kier alpha value is -3.06.